The molecule has 0 aliphatic heterocycles. The molecule has 18 heavy (non-hydrogen) atoms. The highest BCUT2D eigenvalue weighted by Crippen LogP contribution is 2.29. The van der Waals surface area contributed by atoms with Gasteiger partial charge in [-0.05, 0) is 48.9 Å². The number of aryl methyl sites for hydroxylation is 1. The summed E-state index contributed by atoms with van der Waals surface area (Å²) in [6.45, 7) is 1.76. The van der Waals surface area contributed by atoms with E-state index in [1.165, 1.54) is 36.4 Å². The molecule has 0 aliphatic carbocycles. The molecule has 2 aromatic carbocycles. The Hall–Kier alpha value is -2.01. The topological polar surface area (TPSA) is 74.6 Å². The number of hydrogen-bond acceptors (Lipinski definition) is 4. The van der Waals surface area contributed by atoms with Crippen LogP contribution < -0.4 is 0 Å². The fourth-order valence-corrected chi connectivity index (χ4v) is 2.94. The third-order valence-corrected chi connectivity index (χ3v) is 4.37. The van der Waals surface area contributed by atoms with Gasteiger partial charge in [0.2, 0.25) is 9.84 Å². The molecule has 0 spiro atoms. The maximum absolute atomic E-state index is 12.2. The second-order valence-corrected chi connectivity index (χ2v) is 5.89. The summed E-state index contributed by atoms with van der Waals surface area (Å²) in [5, 5.41) is 18.9. The number of phenols is 2. The summed E-state index contributed by atoms with van der Waals surface area (Å²) in [6, 6.07) is 9.55. The van der Waals surface area contributed by atoms with Crippen LogP contribution in [0.2, 0.25) is 0 Å². The summed E-state index contributed by atoms with van der Waals surface area (Å²) in [5.74, 6) is -0.287. The van der Waals surface area contributed by atoms with Gasteiger partial charge >= 0.3 is 0 Å². The summed E-state index contributed by atoms with van der Waals surface area (Å²) in [7, 11) is -3.76. The van der Waals surface area contributed by atoms with Gasteiger partial charge < -0.3 is 10.2 Å². The average Bonchev–Trinajstić information content (AvgIpc) is 2.29. The Kier molecular flexibility index (Phi) is 3.00. The molecule has 0 saturated carbocycles. The van der Waals surface area contributed by atoms with Crippen molar-refractivity contribution in [1.29, 1.82) is 0 Å². The first kappa shape index (κ1) is 12.4. The number of phenolic OH excluding ortho intramolecular Hbond substituents is 2. The maximum atomic E-state index is 12.2. The second-order valence-electron chi connectivity index (χ2n) is 3.97. The first-order chi connectivity index (χ1) is 8.41. The minimum atomic E-state index is -3.76. The van der Waals surface area contributed by atoms with Crippen LogP contribution in [0.15, 0.2) is 52.3 Å². The van der Waals surface area contributed by atoms with Gasteiger partial charge in [-0.25, -0.2) is 8.42 Å². The van der Waals surface area contributed by atoms with E-state index in [1.807, 2.05) is 0 Å². The van der Waals surface area contributed by atoms with Crippen molar-refractivity contribution in [2.45, 2.75) is 16.7 Å². The van der Waals surface area contributed by atoms with Crippen LogP contribution in [0.3, 0.4) is 0 Å². The molecule has 0 amide bonds. The number of rotatable bonds is 2. The van der Waals surface area contributed by atoms with E-state index in [9.17, 15) is 13.5 Å². The summed E-state index contributed by atoms with van der Waals surface area (Å²) in [5.41, 5.74) is 0.775. The van der Waals surface area contributed by atoms with Crippen molar-refractivity contribution in [2.75, 3.05) is 0 Å². The summed E-state index contributed by atoms with van der Waals surface area (Å²) >= 11 is 0. The third kappa shape index (κ3) is 2.17. The molecule has 0 atom stereocenters. The van der Waals surface area contributed by atoms with E-state index < -0.39 is 9.84 Å². The second kappa shape index (κ2) is 4.34. The van der Waals surface area contributed by atoms with E-state index in [1.54, 1.807) is 13.0 Å². The molecule has 2 N–H and O–H groups in total. The Morgan fingerprint density at radius 2 is 1.56 bits per heavy atom. The molecular weight excluding hydrogens is 252 g/mol. The van der Waals surface area contributed by atoms with Gasteiger partial charge in [0.25, 0.3) is 0 Å². The number of hydrogen-bond donors (Lipinski definition) is 2. The zero-order valence-electron chi connectivity index (χ0n) is 9.66. The predicted octanol–water partition coefficient (Wildman–Crippen LogP) is 2.24. The lowest BCUT2D eigenvalue weighted by atomic mass is 10.2. The molecule has 5 heteroatoms. The molecule has 0 radical (unpaired) electrons. The van der Waals surface area contributed by atoms with Gasteiger partial charge in [0.05, 0.1) is 4.90 Å². The van der Waals surface area contributed by atoms with Gasteiger partial charge in [-0.1, -0.05) is 6.07 Å². The van der Waals surface area contributed by atoms with E-state index in [0.717, 1.165) is 5.56 Å². The standard InChI is InChI=1S/C13H12O4S/c1-9-2-7-13(12(15)8-9)18(16,17)11-5-3-10(14)4-6-11/h2-8,14-15H,1H3. The fourth-order valence-electron chi connectivity index (χ4n) is 1.61. The molecule has 0 bridgehead atoms. The quantitative estimate of drug-likeness (QED) is 0.872. The van der Waals surface area contributed by atoms with Crippen LogP contribution >= 0.6 is 0 Å². The molecule has 0 heterocycles. The van der Waals surface area contributed by atoms with E-state index in [2.05, 4.69) is 0 Å². The number of sulfone groups is 1. The van der Waals surface area contributed by atoms with Gasteiger partial charge in [-0.2, -0.15) is 0 Å². The highest BCUT2D eigenvalue weighted by Gasteiger charge is 2.21. The first-order valence-electron chi connectivity index (χ1n) is 5.25. The smallest absolute Gasteiger partial charge is 0.210 e. The number of benzene rings is 2. The molecular formula is C13H12O4S. The highest BCUT2D eigenvalue weighted by molar-refractivity contribution is 7.91. The Labute approximate surface area is 105 Å². The van der Waals surface area contributed by atoms with Gasteiger partial charge in [-0.15, -0.1) is 0 Å². The lowest BCUT2D eigenvalue weighted by Crippen LogP contribution is -2.02. The molecule has 2 aromatic rings. The van der Waals surface area contributed by atoms with Crippen molar-refractivity contribution < 1.29 is 18.6 Å². The Morgan fingerprint density at radius 1 is 0.944 bits per heavy atom. The molecule has 2 rings (SSSR count). The van der Waals surface area contributed by atoms with Crippen molar-refractivity contribution in [3.63, 3.8) is 0 Å². The van der Waals surface area contributed by atoms with Crippen LogP contribution in [-0.4, -0.2) is 18.6 Å². The third-order valence-electron chi connectivity index (χ3n) is 2.55. The van der Waals surface area contributed by atoms with E-state index >= 15 is 0 Å². The normalized spacial score (nSPS) is 11.4. The molecule has 94 valence electrons. The summed E-state index contributed by atoms with van der Waals surface area (Å²) < 4.78 is 24.5. The van der Waals surface area contributed by atoms with Crippen molar-refractivity contribution in [3.8, 4) is 11.5 Å². The minimum absolute atomic E-state index is 0.0120. The zero-order valence-corrected chi connectivity index (χ0v) is 10.5. The fraction of sp³-hybridized carbons (Fsp3) is 0.0769. The Bertz CT molecular complexity index is 673. The van der Waals surface area contributed by atoms with E-state index in [-0.39, 0.29) is 21.3 Å². The van der Waals surface area contributed by atoms with Gasteiger partial charge in [0.1, 0.15) is 16.4 Å². The molecule has 0 aliphatic rings. The molecule has 0 saturated heterocycles. The van der Waals surface area contributed by atoms with Crippen molar-refractivity contribution >= 4 is 9.84 Å². The van der Waals surface area contributed by atoms with Crippen molar-refractivity contribution in [2.24, 2.45) is 0 Å². The molecule has 0 fully saturated rings. The molecule has 0 aromatic heterocycles. The van der Waals surface area contributed by atoms with Crippen molar-refractivity contribution in [1.82, 2.24) is 0 Å². The lowest BCUT2D eigenvalue weighted by molar-refractivity contribution is 0.458. The van der Waals surface area contributed by atoms with E-state index in [0.29, 0.717) is 0 Å². The van der Waals surface area contributed by atoms with Gasteiger partial charge in [0.15, 0.2) is 0 Å². The average molecular weight is 264 g/mol. The van der Waals surface area contributed by atoms with Crippen LogP contribution in [0.25, 0.3) is 0 Å². The van der Waals surface area contributed by atoms with Crippen LogP contribution in [0, 0.1) is 6.92 Å². The maximum Gasteiger partial charge on any atom is 0.210 e. The van der Waals surface area contributed by atoms with Crippen molar-refractivity contribution in [3.05, 3.63) is 48.0 Å². The minimum Gasteiger partial charge on any atom is -0.508 e. The zero-order chi connectivity index (χ0) is 13.3. The highest BCUT2D eigenvalue weighted by atomic mass is 32.2. The van der Waals surface area contributed by atoms with Gasteiger partial charge in [0, 0.05) is 0 Å². The Morgan fingerprint density at radius 3 is 2.11 bits per heavy atom. The van der Waals surface area contributed by atoms with Gasteiger partial charge in [-0.3, -0.25) is 0 Å². The molecule has 4 nitrogen and oxygen atoms in total. The summed E-state index contributed by atoms with van der Waals surface area (Å²) in [6.07, 6.45) is 0. The monoisotopic (exact) mass is 264 g/mol. The van der Waals surface area contributed by atoms with Crippen LogP contribution in [-0.2, 0) is 9.84 Å². The van der Waals surface area contributed by atoms with Crippen LogP contribution in [0.1, 0.15) is 5.56 Å². The van der Waals surface area contributed by atoms with E-state index in [4.69, 9.17) is 5.11 Å². The lowest BCUT2D eigenvalue weighted by Gasteiger charge is -2.07. The van der Waals surface area contributed by atoms with Crippen LogP contribution in [0.4, 0.5) is 0 Å². The molecule has 0 unspecified atom stereocenters. The Balaban J connectivity index is 2.58. The first-order valence-corrected chi connectivity index (χ1v) is 6.73. The van der Waals surface area contributed by atoms with Crippen LogP contribution in [0.5, 0.6) is 11.5 Å². The predicted molar refractivity (Wildman–Crippen MR) is 66.4 cm³/mol. The number of aromatic hydroxyl groups is 2. The summed E-state index contributed by atoms with van der Waals surface area (Å²) in [4.78, 5) is -0.113. The largest absolute Gasteiger partial charge is 0.508 e. The SMILES string of the molecule is Cc1ccc(S(=O)(=O)c2ccc(O)cc2)c(O)c1.